The molecule has 0 spiro atoms. The summed E-state index contributed by atoms with van der Waals surface area (Å²) in [6, 6.07) is 5.66. The van der Waals surface area contributed by atoms with Crippen molar-refractivity contribution in [3.8, 4) is 0 Å². The van der Waals surface area contributed by atoms with E-state index < -0.39 is 5.60 Å². The Bertz CT molecular complexity index is 1060. The molecular weight excluding hydrogens is 428 g/mol. The van der Waals surface area contributed by atoms with Crippen LogP contribution in [0.25, 0.3) is 0 Å². The summed E-state index contributed by atoms with van der Waals surface area (Å²) < 4.78 is 7.30. The van der Waals surface area contributed by atoms with E-state index in [1.54, 1.807) is 11.7 Å². The molecule has 2 aliphatic heterocycles. The number of nitrogens with zero attached hydrogens (tertiary/aromatic N) is 4. The number of ether oxygens (including phenoxy) is 1. The van der Waals surface area contributed by atoms with Gasteiger partial charge in [0.1, 0.15) is 11.3 Å². The molecule has 0 bridgehead atoms. The molecule has 8 heteroatoms. The lowest BCUT2D eigenvalue weighted by atomic mass is 9.90. The summed E-state index contributed by atoms with van der Waals surface area (Å²) in [5.41, 5.74) is 4.11. The van der Waals surface area contributed by atoms with Gasteiger partial charge in [-0.25, -0.2) is 4.79 Å². The molecule has 2 aliphatic rings. The van der Waals surface area contributed by atoms with Crippen LogP contribution in [0.3, 0.4) is 0 Å². The van der Waals surface area contributed by atoms with E-state index in [2.05, 4.69) is 5.10 Å². The fraction of sp³-hybridized carbons (Fsp3) is 0.542. The first-order valence-corrected chi connectivity index (χ1v) is 11.5. The molecule has 2 aromatic rings. The number of benzene rings is 1. The lowest BCUT2D eigenvalue weighted by Crippen LogP contribution is -2.39. The van der Waals surface area contributed by atoms with Crippen molar-refractivity contribution in [3.05, 3.63) is 51.3 Å². The second-order valence-corrected chi connectivity index (χ2v) is 10.2. The van der Waals surface area contributed by atoms with E-state index in [-0.39, 0.29) is 18.0 Å². The number of hydrogen-bond donors (Lipinski definition) is 0. The number of aryl methyl sites for hydroxylation is 2. The molecule has 0 unspecified atom stereocenters. The molecule has 0 N–H and O–H groups in total. The zero-order valence-corrected chi connectivity index (χ0v) is 20.2. The Kier molecular flexibility index (Phi) is 5.96. The third kappa shape index (κ3) is 4.49. The van der Waals surface area contributed by atoms with E-state index in [9.17, 15) is 9.59 Å². The standard InChI is InChI=1S/C24H31ClN4O3/c1-15-11-21(27(5)26-15)22(30)28-10-8-16-12-17(25)13-18(19(16)14-28)20-7-6-9-29(20)23(31)32-24(2,3)4/h11-13,20H,6-10,14H2,1-5H3/t20-/m0/s1. The van der Waals surface area contributed by atoms with Gasteiger partial charge in [0.25, 0.3) is 5.91 Å². The van der Waals surface area contributed by atoms with Gasteiger partial charge >= 0.3 is 6.09 Å². The highest BCUT2D eigenvalue weighted by Gasteiger charge is 2.36. The second-order valence-electron chi connectivity index (χ2n) is 9.74. The van der Waals surface area contributed by atoms with Gasteiger partial charge in [0, 0.05) is 31.7 Å². The minimum atomic E-state index is -0.553. The van der Waals surface area contributed by atoms with Crippen molar-refractivity contribution in [2.45, 2.75) is 65.1 Å². The normalized spacial score (nSPS) is 18.6. The van der Waals surface area contributed by atoms with Crippen molar-refractivity contribution < 1.29 is 14.3 Å². The molecule has 32 heavy (non-hydrogen) atoms. The number of likely N-dealkylation sites (tertiary alicyclic amines) is 1. The molecule has 4 rings (SSSR count). The summed E-state index contributed by atoms with van der Waals surface area (Å²) in [5, 5.41) is 4.98. The smallest absolute Gasteiger partial charge is 0.410 e. The maximum absolute atomic E-state index is 13.2. The minimum Gasteiger partial charge on any atom is -0.444 e. The summed E-state index contributed by atoms with van der Waals surface area (Å²) in [7, 11) is 1.79. The number of halogens is 1. The summed E-state index contributed by atoms with van der Waals surface area (Å²) in [4.78, 5) is 29.8. The van der Waals surface area contributed by atoms with E-state index in [4.69, 9.17) is 16.3 Å². The highest BCUT2D eigenvalue weighted by atomic mass is 35.5. The average molecular weight is 459 g/mol. The van der Waals surface area contributed by atoms with E-state index in [1.165, 1.54) is 0 Å². The summed E-state index contributed by atoms with van der Waals surface area (Å²) >= 11 is 6.49. The summed E-state index contributed by atoms with van der Waals surface area (Å²) in [5.74, 6) is -0.0323. The molecular formula is C24H31ClN4O3. The molecule has 0 radical (unpaired) electrons. The van der Waals surface area contributed by atoms with Gasteiger partial charge in [-0.15, -0.1) is 0 Å². The highest BCUT2D eigenvalue weighted by molar-refractivity contribution is 6.30. The first-order chi connectivity index (χ1) is 15.0. The number of aromatic nitrogens is 2. The summed E-state index contributed by atoms with van der Waals surface area (Å²) in [6.45, 7) is 9.27. The van der Waals surface area contributed by atoms with Gasteiger partial charge in [-0.2, -0.15) is 5.10 Å². The molecule has 1 saturated heterocycles. The maximum Gasteiger partial charge on any atom is 0.410 e. The van der Waals surface area contributed by atoms with Gasteiger partial charge in [-0.05, 0) is 81.8 Å². The van der Waals surface area contributed by atoms with Crippen molar-refractivity contribution in [1.29, 1.82) is 0 Å². The van der Waals surface area contributed by atoms with Crippen molar-refractivity contribution >= 4 is 23.6 Å². The predicted molar refractivity (Wildman–Crippen MR) is 123 cm³/mol. The Hall–Kier alpha value is -2.54. The van der Waals surface area contributed by atoms with Gasteiger partial charge in [0.15, 0.2) is 0 Å². The minimum absolute atomic E-state index is 0.0323. The van der Waals surface area contributed by atoms with Gasteiger partial charge in [-0.3, -0.25) is 9.48 Å². The summed E-state index contributed by atoms with van der Waals surface area (Å²) in [6.07, 6.45) is 2.18. The zero-order valence-electron chi connectivity index (χ0n) is 19.4. The Morgan fingerprint density at radius 3 is 2.59 bits per heavy atom. The van der Waals surface area contributed by atoms with E-state index in [0.29, 0.717) is 30.4 Å². The van der Waals surface area contributed by atoms with Gasteiger partial charge < -0.3 is 14.5 Å². The first-order valence-electron chi connectivity index (χ1n) is 11.1. The molecule has 1 aromatic heterocycles. The molecule has 0 aliphatic carbocycles. The predicted octanol–water partition coefficient (Wildman–Crippen LogP) is 4.65. The number of rotatable bonds is 2. The van der Waals surface area contributed by atoms with Crippen molar-refractivity contribution in [3.63, 3.8) is 0 Å². The van der Waals surface area contributed by atoms with Crippen LogP contribution >= 0.6 is 11.6 Å². The molecule has 1 atom stereocenters. The van der Waals surface area contributed by atoms with Crippen molar-refractivity contribution in [1.82, 2.24) is 19.6 Å². The second kappa shape index (κ2) is 8.43. The highest BCUT2D eigenvalue weighted by Crippen LogP contribution is 2.39. The monoisotopic (exact) mass is 458 g/mol. The third-order valence-electron chi connectivity index (χ3n) is 6.09. The molecule has 2 amide bonds. The molecule has 1 fully saturated rings. The number of fused-ring (bicyclic) bond motifs is 1. The molecule has 7 nitrogen and oxygen atoms in total. The van der Waals surface area contributed by atoms with Crippen LogP contribution in [-0.4, -0.2) is 50.3 Å². The van der Waals surface area contributed by atoms with Crippen LogP contribution in [0.2, 0.25) is 5.02 Å². The van der Waals surface area contributed by atoms with Crippen LogP contribution in [0, 0.1) is 6.92 Å². The lowest BCUT2D eigenvalue weighted by molar-refractivity contribution is 0.0222. The van der Waals surface area contributed by atoms with Crippen LogP contribution in [0.15, 0.2) is 18.2 Å². The van der Waals surface area contributed by atoms with Gasteiger partial charge in [0.05, 0.1) is 11.7 Å². The molecule has 172 valence electrons. The quantitative estimate of drug-likeness (QED) is 0.656. The number of amides is 2. The van der Waals surface area contributed by atoms with Gasteiger partial charge in [0.2, 0.25) is 0 Å². The molecule has 1 aromatic carbocycles. The topological polar surface area (TPSA) is 67.7 Å². The SMILES string of the molecule is Cc1cc(C(=O)N2CCc3cc(Cl)cc([C@@H]4CCCN4C(=O)OC(C)(C)C)c3C2)n(C)n1. The zero-order chi connectivity index (χ0) is 23.2. The van der Waals surface area contributed by atoms with Crippen LogP contribution in [0.4, 0.5) is 4.79 Å². The van der Waals surface area contributed by atoms with Crippen LogP contribution in [0.1, 0.15) is 72.5 Å². The van der Waals surface area contributed by atoms with E-state index in [0.717, 1.165) is 41.6 Å². The Balaban J connectivity index is 1.65. The van der Waals surface area contributed by atoms with Crippen molar-refractivity contribution in [2.75, 3.05) is 13.1 Å². The number of carbonyl (C=O) groups is 2. The van der Waals surface area contributed by atoms with Crippen molar-refractivity contribution in [2.24, 2.45) is 7.05 Å². The van der Waals surface area contributed by atoms with Crippen LogP contribution in [0.5, 0.6) is 0 Å². The largest absolute Gasteiger partial charge is 0.444 e. The molecule has 3 heterocycles. The van der Waals surface area contributed by atoms with Crippen LogP contribution < -0.4 is 0 Å². The third-order valence-corrected chi connectivity index (χ3v) is 6.31. The average Bonchev–Trinajstić information content (AvgIpc) is 3.31. The first kappa shape index (κ1) is 22.6. The van der Waals surface area contributed by atoms with Gasteiger partial charge in [-0.1, -0.05) is 11.6 Å². The molecule has 0 saturated carbocycles. The van der Waals surface area contributed by atoms with Crippen LogP contribution in [-0.2, 0) is 24.8 Å². The number of hydrogen-bond acceptors (Lipinski definition) is 4. The maximum atomic E-state index is 13.2. The fourth-order valence-electron chi connectivity index (χ4n) is 4.73. The Labute approximate surface area is 194 Å². The Morgan fingerprint density at radius 2 is 1.94 bits per heavy atom. The fourth-order valence-corrected chi connectivity index (χ4v) is 4.98. The number of carbonyl (C=O) groups excluding carboxylic acids is 2. The van der Waals surface area contributed by atoms with E-state index in [1.807, 2.05) is 55.7 Å². The Morgan fingerprint density at radius 1 is 1.19 bits per heavy atom. The lowest BCUT2D eigenvalue weighted by Gasteiger charge is -2.34. The van der Waals surface area contributed by atoms with E-state index >= 15 is 0 Å².